The number of halogens is 1. The summed E-state index contributed by atoms with van der Waals surface area (Å²) in [4.78, 5) is 13.2. The molecule has 0 aliphatic carbocycles. The summed E-state index contributed by atoms with van der Waals surface area (Å²) in [5.74, 6) is 0.828. The fourth-order valence-electron chi connectivity index (χ4n) is 3.64. The van der Waals surface area contributed by atoms with Gasteiger partial charge in [-0.3, -0.25) is 4.90 Å². The number of hydrogen-bond acceptors (Lipinski definition) is 5. The molecule has 1 unspecified atom stereocenters. The summed E-state index contributed by atoms with van der Waals surface area (Å²) in [6.45, 7) is 5.27. The first kappa shape index (κ1) is 18.7. The highest BCUT2D eigenvalue weighted by molar-refractivity contribution is 5.46. The molecule has 0 saturated carbocycles. The lowest BCUT2D eigenvalue weighted by Gasteiger charge is -2.42. The summed E-state index contributed by atoms with van der Waals surface area (Å²) in [6.07, 6.45) is 6.17. The van der Waals surface area contributed by atoms with Crippen LogP contribution in [0.2, 0.25) is 0 Å². The summed E-state index contributed by atoms with van der Waals surface area (Å²) in [5.41, 5.74) is 1.87. The van der Waals surface area contributed by atoms with E-state index in [1.807, 2.05) is 18.3 Å². The molecule has 0 radical (unpaired) electrons. The molecule has 1 aromatic heterocycles. The fraction of sp³-hybridized carbons (Fsp3) is 0.500. The first-order valence-corrected chi connectivity index (χ1v) is 9.35. The number of anilines is 1. The van der Waals surface area contributed by atoms with E-state index in [0.29, 0.717) is 18.5 Å². The molecule has 140 valence electrons. The third kappa shape index (κ3) is 4.37. The van der Waals surface area contributed by atoms with Crippen LogP contribution in [0.5, 0.6) is 0 Å². The molecule has 1 atom stereocenters. The van der Waals surface area contributed by atoms with Crippen molar-refractivity contribution >= 4 is 5.82 Å². The molecular formula is C20H27FN4O. The van der Waals surface area contributed by atoms with Crippen LogP contribution in [0, 0.1) is 5.82 Å². The van der Waals surface area contributed by atoms with E-state index in [2.05, 4.69) is 26.7 Å². The van der Waals surface area contributed by atoms with Crippen LogP contribution in [0.4, 0.5) is 10.2 Å². The third-order valence-electron chi connectivity index (χ3n) is 4.98. The van der Waals surface area contributed by atoms with Crippen LogP contribution in [0.1, 0.15) is 30.9 Å². The number of aliphatic hydroxyl groups is 1. The highest BCUT2D eigenvalue weighted by Crippen LogP contribution is 2.24. The molecule has 2 heterocycles. The van der Waals surface area contributed by atoms with Crippen LogP contribution in [-0.4, -0.2) is 52.3 Å². The van der Waals surface area contributed by atoms with E-state index in [9.17, 15) is 9.50 Å². The highest BCUT2D eigenvalue weighted by atomic mass is 19.1. The van der Waals surface area contributed by atoms with Gasteiger partial charge in [0.05, 0.1) is 0 Å². The van der Waals surface area contributed by atoms with Gasteiger partial charge in [-0.1, -0.05) is 31.5 Å². The smallest absolute Gasteiger partial charge is 0.135 e. The van der Waals surface area contributed by atoms with Crippen LogP contribution in [-0.2, 0) is 13.0 Å². The largest absolute Gasteiger partial charge is 0.396 e. The Morgan fingerprint density at radius 3 is 2.85 bits per heavy atom. The van der Waals surface area contributed by atoms with E-state index in [-0.39, 0.29) is 18.5 Å². The molecule has 2 aromatic rings. The normalized spacial score (nSPS) is 18.3. The number of hydrogen-bond donors (Lipinski definition) is 1. The van der Waals surface area contributed by atoms with Crippen molar-refractivity contribution in [1.29, 1.82) is 0 Å². The predicted octanol–water partition coefficient (Wildman–Crippen LogP) is 2.64. The van der Waals surface area contributed by atoms with Crippen LogP contribution < -0.4 is 4.90 Å². The van der Waals surface area contributed by atoms with Gasteiger partial charge in [0.15, 0.2) is 0 Å². The van der Waals surface area contributed by atoms with E-state index in [4.69, 9.17) is 0 Å². The monoisotopic (exact) mass is 358 g/mol. The second-order valence-corrected chi connectivity index (χ2v) is 6.80. The zero-order chi connectivity index (χ0) is 18.4. The zero-order valence-corrected chi connectivity index (χ0v) is 15.3. The van der Waals surface area contributed by atoms with Crippen molar-refractivity contribution in [2.75, 3.05) is 31.1 Å². The van der Waals surface area contributed by atoms with Crippen molar-refractivity contribution in [1.82, 2.24) is 14.9 Å². The minimum atomic E-state index is -0.168. The van der Waals surface area contributed by atoms with E-state index < -0.39 is 0 Å². The number of aryl methyl sites for hydroxylation is 1. The summed E-state index contributed by atoms with van der Waals surface area (Å²) in [6, 6.07) is 7.09. The van der Waals surface area contributed by atoms with Crippen molar-refractivity contribution in [3.8, 4) is 0 Å². The molecule has 1 aromatic carbocycles. The maximum atomic E-state index is 14.0. The van der Waals surface area contributed by atoms with Crippen molar-refractivity contribution in [2.45, 2.75) is 38.8 Å². The molecule has 3 rings (SSSR count). The molecule has 1 saturated heterocycles. The Hall–Kier alpha value is -2.05. The number of rotatable bonds is 7. The van der Waals surface area contributed by atoms with Crippen LogP contribution in [0.15, 0.2) is 36.8 Å². The van der Waals surface area contributed by atoms with E-state index in [0.717, 1.165) is 38.3 Å². The molecule has 1 N–H and O–H groups in total. The number of piperazine rings is 1. The van der Waals surface area contributed by atoms with Gasteiger partial charge in [-0.25, -0.2) is 14.4 Å². The number of aromatic nitrogens is 2. The SMILES string of the molecule is CCCc1cncnc1N1CCN(Cc2ccccc2F)C(CCO)C1. The van der Waals surface area contributed by atoms with E-state index in [1.54, 1.807) is 12.4 Å². The van der Waals surface area contributed by atoms with Crippen molar-refractivity contribution in [3.05, 3.63) is 53.7 Å². The number of nitrogens with zero attached hydrogens (tertiary/aromatic N) is 4. The van der Waals surface area contributed by atoms with Gasteiger partial charge < -0.3 is 10.0 Å². The molecule has 6 heteroatoms. The Balaban J connectivity index is 1.75. The van der Waals surface area contributed by atoms with Gasteiger partial charge in [-0.2, -0.15) is 0 Å². The van der Waals surface area contributed by atoms with Gasteiger partial charge in [-0.15, -0.1) is 0 Å². The summed E-state index contributed by atoms with van der Waals surface area (Å²) in [5, 5.41) is 9.51. The van der Waals surface area contributed by atoms with Crippen LogP contribution in [0.3, 0.4) is 0 Å². The zero-order valence-electron chi connectivity index (χ0n) is 15.3. The Morgan fingerprint density at radius 1 is 1.23 bits per heavy atom. The Morgan fingerprint density at radius 2 is 2.08 bits per heavy atom. The molecule has 26 heavy (non-hydrogen) atoms. The fourth-order valence-corrected chi connectivity index (χ4v) is 3.64. The summed E-state index contributed by atoms with van der Waals surface area (Å²) < 4.78 is 14.0. The van der Waals surface area contributed by atoms with Gasteiger partial charge in [0.2, 0.25) is 0 Å². The van der Waals surface area contributed by atoms with Crippen molar-refractivity contribution in [2.24, 2.45) is 0 Å². The topological polar surface area (TPSA) is 52.5 Å². The highest BCUT2D eigenvalue weighted by Gasteiger charge is 2.28. The predicted molar refractivity (Wildman–Crippen MR) is 101 cm³/mol. The quantitative estimate of drug-likeness (QED) is 0.825. The molecule has 1 aliphatic rings. The lowest BCUT2D eigenvalue weighted by atomic mass is 10.1. The summed E-state index contributed by atoms with van der Waals surface area (Å²) in [7, 11) is 0. The Labute approximate surface area is 154 Å². The standard InChI is InChI=1S/C20H27FN4O/c1-2-5-16-12-22-15-23-20(16)25-10-9-24(18(14-25)8-11-26)13-17-6-3-4-7-19(17)21/h3-4,6-7,12,15,18,26H,2,5,8-11,13-14H2,1H3. The van der Waals surface area contributed by atoms with Gasteiger partial charge in [0.1, 0.15) is 18.0 Å². The summed E-state index contributed by atoms with van der Waals surface area (Å²) >= 11 is 0. The van der Waals surface area contributed by atoms with E-state index in [1.165, 1.54) is 11.6 Å². The van der Waals surface area contributed by atoms with E-state index >= 15 is 0 Å². The second kappa shape index (κ2) is 9.05. The third-order valence-corrected chi connectivity index (χ3v) is 4.98. The first-order chi connectivity index (χ1) is 12.7. The molecule has 5 nitrogen and oxygen atoms in total. The van der Waals surface area contributed by atoms with Gasteiger partial charge in [0.25, 0.3) is 0 Å². The second-order valence-electron chi connectivity index (χ2n) is 6.80. The maximum absolute atomic E-state index is 14.0. The molecule has 0 amide bonds. The van der Waals surface area contributed by atoms with Gasteiger partial charge in [-0.05, 0) is 18.9 Å². The average molecular weight is 358 g/mol. The number of benzene rings is 1. The average Bonchev–Trinajstić information content (AvgIpc) is 2.66. The van der Waals surface area contributed by atoms with Gasteiger partial charge >= 0.3 is 0 Å². The Kier molecular flexibility index (Phi) is 6.52. The molecule has 0 spiro atoms. The van der Waals surface area contributed by atoms with Crippen LogP contribution in [0.25, 0.3) is 0 Å². The Bertz CT molecular complexity index is 712. The lowest BCUT2D eigenvalue weighted by molar-refractivity contribution is 0.134. The van der Waals surface area contributed by atoms with Gasteiger partial charge in [0, 0.05) is 56.2 Å². The van der Waals surface area contributed by atoms with Crippen molar-refractivity contribution in [3.63, 3.8) is 0 Å². The maximum Gasteiger partial charge on any atom is 0.135 e. The van der Waals surface area contributed by atoms with Crippen LogP contribution >= 0.6 is 0 Å². The minimum Gasteiger partial charge on any atom is -0.396 e. The first-order valence-electron chi connectivity index (χ1n) is 9.35. The molecule has 1 fully saturated rings. The minimum absolute atomic E-state index is 0.123. The molecular weight excluding hydrogens is 331 g/mol. The number of aliphatic hydroxyl groups excluding tert-OH is 1. The lowest BCUT2D eigenvalue weighted by Crippen LogP contribution is -2.53. The molecule has 0 bridgehead atoms. The molecule has 1 aliphatic heterocycles. The van der Waals surface area contributed by atoms with Crippen molar-refractivity contribution < 1.29 is 9.50 Å².